The molecular weight excluding hydrogens is 324 g/mol. The topological polar surface area (TPSA) is 55.7 Å². The lowest BCUT2D eigenvalue weighted by Crippen LogP contribution is -2.57. The molecule has 0 spiro atoms. The van der Waals surface area contributed by atoms with Crippen molar-refractivity contribution in [2.24, 2.45) is 5.18 Å². The maximum Gasteiger partial charge on any atom is 0.462 e. The number of rotatable bonds is 4. The Morgan fingerprint density at radius 2 is 1.30 bits per heavy atom. The molecule has 0 aliphatic heterocycles. The molecule has 0 heterocycles. The fourth-order valence-corrected chi connectivity index (χ4v) is 0.692. The highest BCUT2D eigenvalue weighted by Gasteiger charge is 2.76. The molecule has 0 saturated heterocycles. The predicted octanol–water partition coefficient (Wildman–Crippen LogP) is 3.02. The Kier molecular flexibility index (Phi) is 4.76. The average molecular weight is 325 g/mol. The molecule has 0 radical (unpaired) electrons. The maximum absolute atomic E-state index is 12.5. The third kappa shape index (κ3) is 3.55. The number of nitrogens with zero attached hydrogens (tertiary/aromatic N) is 1. The van der Waals surface area contributed by atoms with E-state index in [1.165, 1.54) is 0 Å². The molecule has 0 aromatic carbocycles. The van der Waals surface area contributed by atoms with Crippen LogP contribution in [-0.4, -0.2) is 36.4 Å². The van der Waals surface area contributed by atoms with Crippen LogP contribution in [0.15, 0.2) is 5.18 Å². The van der Waals surface area contributed by atoms with Crippen LogP contribution in [0.5, 0.6) is 0 Å². The first-order valence-corrected chi connectivity index (χ1v) is 4.02. The van der Waals surface area contributed by atoms with Gasteiger partial charge in [-0.15, -0.1) is 4.91 Å². The molecular formula is C6HF10NO3. The molecule has 1 atom stereocenters. The molecule has 0 fully saturated rings. The van der Waals surface area contributed by atoms with Crippen molar-refractivity contribution in [3.8, 4) is 0 Å². The monoisotopic (exact) mass is 325 g/mol. The third-order valence-corrected chi connectivity index (χ3v) is 1.60. The number of alkyl halides is 10. The highest BCUT2D eigenvalue weighted by atomic mass is 19.4. The first-order chi connectivity index (χ1) is 8.58. The van der Waals surface area contributed by atoms with Gasteiger partial charge in [-0.1, -0.05) is 0 Å². The zero-order chi connectivity index (χ0) is 16.6. The Morgan fingerprint density at radius 3 is 1.55 bits per heavy atom. The highest BCUT2D eigenvalue weighted by Crippen LogP contribution is 2.48. The number of hydrogen-bond acceptors (Lipinski definition) is 3. The quantitative estimate of drug-likeness (QED) is 0.590. The van der Waals surface area contributed by atoms with Crippen LogP contribution in [0.2, 0.25) is 0 Å². The van der Waals surface area contributed by atoms with E-state index in [1.807, 2.05) is 0 Å². The molecule has 0 aromatic rings. The number of carbonyl (C=O) groups is 1. The Labute approximate surface area is 101 Å². The van der Waals surface area contributed by atoms with E-state index in [1.54, 1.807) is 0 Å². The Bertz CT molecular complexity index is 385. The summed E-state index contributed by atoms with van der Waals surface area (Å²) in [5, 5.41) is 0.990. The molecule has 0 saturated carbocycles. The molecule has 20 heavy (non-hydrogen) atoms. The summed E-state index contributed by atoms with van der Waals surface area (Å²) < 4.78 is 122. The van der Waals surface area contributed by atoms with Gasteiger partial charge in [-0.25, -0.2) is 0 Å². The van der Waals surface area contributed by atoms with Crippen LogP contribution in [0, 0.1) is 4.91 Å². The maximum atomic E-state index is 12.5. The molecule has 0 N–H and O–H groups in total. The summed E-state index contributed by atoms with van der Waals surface area (Å²) in [7, 11) is 0. The second-order valence-corrected chi connectivity index (χ2v) is 3.06. The number of nitroso groups, excluding NO2 is 1. The summed E-state index contributed by atoms with van der Waals surface area (Å²) in [5.74, 6) is -10.1. The van der Waals surface area contributed by atoms with Crippen LogP contribution in [0.25, 0.3) is 0 Å². The molecule has 0 rings (SSSR count). The van der Waals surface area contributed by atoms with Gasteiger partial charge in [-0.05, 0) is 0 Å². The smallest absolute Gasteiger partial charge is 0.292 e. The first-order valence-electron chi connectivity index (χ1n) is 4.02. The summed E-state index contributed by atoms with van der Waals surface area (Å²) in [6.45, 7) is 0. The van der Waals surface area contributed by atoms with Crippen LogP contribution in [-0.2, 0) is 9.53 Å². The van der Waals surface area contributed by atoms with Crippen LogP contribution >= 0.6 is 0 Å². The van der Waals surface area contributed by atoms with E-state index >= 15 is 0 Å². The van der Waals surface area contributed by atoms with Crippen molar-refractivity contribution in [3.05, 3.63) is 4.91 Å². The Balaban J connectivity index is 5.53. The summed E-state index contributed by atoms with van der Waals surface area (Å²) in [5.41, 5.74) is 0. The summed E-state index contributed by atoms with van der Waals surface area (Å²) in [6, 6.07) is 0. The number of carbonyl (C=O) groups excluding carboxylic acids is 1. The van der Waals surface area contributed by atoms with Crippen molar-refractivity contribution in [1.29, 1.82) is 0 Å². The van der Waals surface area contributed by atoms with E-state index in [0.29, 0.717) is 0 Å². The molecule has 118 valence electrons. The average Bonchev–Trinajstić information content (AvgIpc) is 2.21. The fraction of sp³-hybridized carbons (Fsp3) is 0.833. The van der Waals surface area contributed by atoms with Crippen LogP contribution in [0.1, 0.15) is 0 Å². The van der Waals surface area contributed by atoms with Crippen molar-refractivity contribution in [2.45, 2.75) is 30.5 Å². The lowest BCUT2D eigenvalue weighted by atomic mass is 10.2. The molecule has 0 aromatic heterocycles. The first kappa shape index (κ1) is 18.5. The summed E-state index contributed by atoms with van der Waals surface area (Å²) in [6.07, 6.45) is -24.4. The van der Waals surface area contributed by atoms with Gasteiger partial charge in [0, 0.05) is 5.18 Å². The van der Waals surface area contributed by atoms with Crippen molar-refractivity contribution in [2.75, 3.05) is 0 Å². The number of hydrogen-bond donors (Lipinski definition) is 0. The van der Waals surface area contributed by atoms with Crippen molar-refractivity contribution >= 4 is 5.91 Å². The molecule has 1 amide bonds. The van der Waals surface area contributed by atoms with Crippen molar-refractivity contribution in [3.63, 3.8) is 0 Å². The minimum absolute atomic E-state index is 0.990. The minimum Gasteiger partial charge on any atom is -0.292 e. The van der Waals surface area contributed by atoms with Crippen LogP contribution in [0.4, 0.5) is 43.9 Å². The predicted molar refractivity (Wildman–Crippen MR) is 37.7 cm³/mol. The standard InChI is InChI=1S/C6HF10NO3/c7-3(8,9)1(2(18)17-19)20-6(15,16)4(10,11)5(12,13)14/h1H. The van der Waals surface area contributed by atoms with Gasteiger partial charge in [-0.3, -0.25) is 9.53 Å². The normalized spacial score (nSPS) is 15.9. The van der Waals surface area contributed by atoms with Crippen molar-refractivity contribution < 1.29 is 53.4 Å². The Hall–Kier alpha value is -1.47. The zero-order valence-corrected chi connectivity index (χ0v) is 8.53. The summed E-state index contributed by atoms with van der Waals surface area (Å²) >= 11 is 0. The minimum atomic E-state index is -7.04. The van der Waals surface area contributed by atoms with E-state index < -0.39 is 36.4 Å². The van der Waals surface area contributed by atoms with E-state index in [4.69, 9.17) is 0 Å². The second-order valence-electron chi connectivity index (χ2n) is 3.06. The van der Waals surface area contributed by atoms with Gasteiger partial charge in [0.1, 0.15) is 0 Å². The molecule has 4 nitrogen and oxygen atoms in total. The molecule has 14 heteroatoms. The molecule has 0 aliphatic carbocycles. The van der Waals surface area contributed by atoms with E-state index in [2.05, 4.69) is 4.74 Å². The lowest BCUT2D eigenvalue weighted by molar-refractivity contribution is -0.440. The van der Waals surface area contributed by atoms with Crippen LogP contribution < -0.4 is 0 Å². The fourth-order valence-electron chi connectivity index (χ4n) is 0.692. The molecule has 0 aliphatic rings. The van der Waals surface area contributed by atoms with E-state index in [-0.39, 0.29) is 0 Å². The largest absolute Gasteiger partial charge is 0.462 e. The summed E-state index contributed by atoms with van der Waals surface area (Å²) in [4.78, 5) is 19.7. The van der Waals surface area contributed by atoms with Gasteiger partial charge in [-0.2, -0.15) is 43.9 Å². The number of halogens is 10. The number of amides is 1. The lowest BCUT2D eigenvalue weighted by Gasteiger charge is -2.30. The van der Waals surface area contributed by atoms with E-state index in [9.17, 15) is 53.6 Å². The van der Waals surface area contributed by atoms with Gasteiger partial charge in [0.25, 0.3) is 0 Å². The second kappa shape index (κ2) is 5.14. The van der Waals surface area contributed by atoms with Gasteiger partial charge in [0.15, 0.2) is 0 Å². The highest BCUT2D eigenvalue weighted by molar-refractivity contribution is 5.82. The molecule has 0 bridgehead atoms. The van der Waals surface area contributed by atoms with Gasteiger partial charge < -0.3 is 0 Å². The number of ether oxygens (including phenoxy) is 1. The SMILES string of the molecule is O=NC(=O)C(OC(F)(F)C(F)(F)C(F)(F)F)C(F)(F)F. The van der Waals surface area contributed by atoms with Crippen LogP contribution in [0.3, 0.4) is 0 Å². The zero-order valence-electron chi connectivity index (χ0n) is 8.53. The molecule has 1 unspecified atom stereocenters. The van der Waals surface area contributed by atoms with Gasteiger partial charge in [0.05, 0.1) is 0 Å². The van der Waals surface area contributed by atoms with E-state index in [0.717, 1.165) is 5.18 Å². The Morgan fingerprint density at radius 1 is 0.900 bits per heavy atom. The third-order valence-electron chi connectivity index (χ3n) is 1.60. The van der Waals surface area contributed by atoms with Gasteiger partial charge >= 0.3 is 30.3 Å². The van der Waals surface area contributed by atoms with Gasteiger partial charge in [0.2, 0.25) is 6.10 Å². The van der Waals surface area contributed by atoms with Crippen molar-refractivity contribution in [1.82, 2.24) is 0 Å².